The molecule has 3 nitrogen and oxygen atoms in total. The summed E-state index contributed by atoms with van der Waals surface area (Å²) in [5.74, 6) is -3.92. The first kappa shape index (κ1) is 13.3. The third-order valence-corrected chi connectivity index (χ3v) is 2.34. The molecule has 0 amide bonds. The molecule has 1 aromatic rings. The number of hydrogen-bond acceptors (Lipinski definition) is 3. The van der Waals surface area contributed by atoms with E-state index in [4.69, 9.17) is 0 Å². The minimum atomic E-state index is -0.924. The zero-order chi connectivity index (χ0) is 13.0. The van der Waals surface area contributed by atoms with Crippen LogP contribution < -0.4 is 0 Å². The lowest BCUT2D eigenvalue weighted by molar-refractivity contribution is -0.144. The van der Waals surface area contributed by atoms with Crippen molar-refractivity contribution >= 4 is 11.8 Å². The van der Waals surface area contributed by atoms with Crippen molar-refractivity contribution in [3.05, 3.63) is 35.4 Å². The van der Waals surface area contributed by atoms with Gasteiger partial charge in [-0.3, -0.25) is 9.59 Å². The molecule has 0 N–H and O–H groups in total. The van der Waals surface area contributed by atoms with Crippen LogP contribution in [0.4, 0.5) is 8.78 Å². The molecule has 0 aliphatic rings. The van der Waals surface area contributed by atoms with E-state index in [1.165, 1.54) is 20.1 Å². The zero-order valence-corrected chi connectivity index (χ0v) is 9.50. The van der Waals surface area contributed by atoms with Crippen LogP contribution in [0.1, 0.15) is 23.7 Å². The molecule has 17 heavy (non-hydrogen) atoms. The van der Waals surface area contributed by atoms with Crippen LogP contribution in [0.3, 0.4) is 0 Å². The van der Waals surface area contributed by atoms with Gasteiger partial charge in [0.25, 0.3) is 0 Å². The standard InChI is InChI=1S/C12H12F2O3/c1-7(12(16)17-2)6-10(15)11-8(13)4-3-5-9(11)14/h3-5,7H,6H2,1-2H3. The van der Waals surface area contributed by atoms with Gasteiger partial charge in [0.05, 0.1) is 18.6 Å². The van der Waals surface area contributed by atoms with Crippen molar-refractivity contribution in [2.24, 2.45) is 5.92 Å². The van der Waals surface area contributed by atoms with Gasteiger partial charge in [-0.2, -0.15) is 0 Å². The quantitative estimate of drug-likeness (QED) is 0.601. The van der Waals surface area contributed by atoms with Crippen LogP contribution >= 0.6 is 0 Å². The molecule has 0 radical (unpaired) electrons. The second-order valence-corrected chi connectivity index (χ2v) is 3.65. The first-order valence-electron chi connectivity index (χ1n) is 5.02. The lowest BCUT2D eigenvalue weighted by Crippen LogP contribution is -2.18. The summed E-state index contributed by atoms with van der Waals surface area (Å²) in [5, 5.41) is 0. The molecular weight excluding hydrogens is 230 g/mol. The molecule has 1 aromatic carbocycles. The number of benzene rings is 1. The molecule has 0 fully saturated rings. The number of carbonyl (C=O) groups excluding carboxylic acids is 2. The number of rotatable bonds is 4. The topological polar surface area (TPSA) is 43.4 Å². The number of ether oxygens (including phenoxy) is 1. The molecule has 1 atom stereocenters. The van der Waals surface area contributed by atoms with Crippen molar-refractivity contribution in [2.75, 3.05) is 7.11 Å². The Morgan fingerprint density at radius 2 is 1.82 bits per heavy atom. The van der Waals surface area contributed by atoms with Crippen LogP contribution in [0.5, 0.6) is 0 Å². The van der Waals surface area contributed by atoms with E-state index in [1.807, 2.05) is 0 Å². The van der Waals surface area contributed by atoms with Gasteiger partial charge >= 0.3 is 5.97 Å². The molecule has 0 saturated carbocycles. The smallest absolute Gasteiger partial charge is 0.308 e. The van der Waals surface area contributed by atoms with Gasteiger partial charge in [0.1, 0.15) is 11.6 Å². The maximum Gasteiger partial charge on any atom is 0.308 e. The summed E-state index contributed by atoms with van der Waals surface area (Å²) in [6.45, 7) is 1.46. The fourth-order valence-corrected chi connectivity index (χ4v) is 1.43. The van der Waals surface area contributed by atoms with E-state index < -0.39 is 34.9 Å². The predicted molar refractivity (Wildman–Crippen MR) is 56.5 cm³/mol. The molecule has 0 aliphatic heterocycles. The molecule has 0 spiro atoms. The van der Waals surface area contributed by atoms with Crippen LogP contribution in [0.2, 0.25) is 0 Å². The van der Waals surface area contributed by atoms with E-state index >= 15 is 0 Å². The van der Waals surface area contributed by atoms with Gasteiger partial charge in [0.15, 0.2) is 5.78 Å². The minimum Gasteiger partial charge on any atom is -0.469 e. The monoisotopic (exact) mass is 242 g/mol. The molecule has 92 valence electrons. The molecule has 0 heterocycles. The Bertz CT molecular complexity index is 423. The first-order chi connectivity index (χ1) is 7.97. The van der Waals surface area contributed by atoms with E-state index in [9.17, 15) is 18.4 Å². The second kappa shape index (κ2) is 5.52. The van der Waals surface area contributed by atoms with E-state index in [1.54, 1.807) is 0 Å². The molecule has 0 aromatic heterocycles. The van der Waals surface area contributed by atoms with Crippen molar-refractivity contribution in [3.63, 3.8) is 0 Å². The summed E-state index contributed by atoms with van der Waals surface area (Å²) in [7, 11) is 1.19. The van der Waals surface area contributed by atoms with Gasteiger partial charge in [-0.05, 0) is 12.1 Å². The Morgan fingerprint density at radius 3 is 2.29 bits per heavy atom. The number of methoxy groups -OCH3 is 1. The fourth-order valence-electron chi connectivity index (χ4n) is 1.43. The van der Waals surface area contributed by atoms with Crippen molar-refractivity contribution in [1.82, 2.24) is 0 Å². The number of esters is 1. The zero-order valence-electron chi connectivity index (χ0n) is 9.50. The number of ketones is 1. The number of carbonyl (C=O) groups is 2. The maximum absolute atomic E-state index is 13.3. The highest BCUT2D eigenvalue weighted by molar-refractivity contribution is 5.98. The Morgan fingerprint density at radius 1 is 1.29 bits per heavy atom. The van der Waals surface area contributed by atoms with Gasteiger partial charge in [-0.1, -0.05) is 13.0 Å². The van der Waals surface area contributed by atoms with E-state index in [0.717, 1.165) is 12.1 Å². The number of Topliss-reactive ketones (excluding diaryl/α,β-unsaturated/α-hetero) is 1. The Kier molecular flexibility index (Phi) is 4.31. The van der Waals surface area contributed by atoms with Gasteiger partial charge in [0, 0.05) is 6.42 Å². The molecule has 0 aliphatic carbocycles. The average Bonchev–Trinajstić information content (AvgIpc) is 2.27. The van der Waals surface area contributed by atoms with Crippen molar-refractivity contribution < 1.29 is 23.1 Å². The molecule has 5 heteroatoms. The predicted octanol–water partition coefficient (Wildman–Crippen LogP) is 2.35. The average molecular weight is 242 g/mol. The molecular formula is C12H12F2O3. The third kappa shape index (κ3) is 3.09. The highest BCUT2D eigenvalue weighted by Gasteiger charge is 2.22. The van der Waals surface area contributed by atoms with E-state index in [2.05, 4.69) is 4.74 Å². The van der Waals surface area contributed by atoms with Gasteiger partial charge in [-0.25, -0.2) is 8.78 Å². The third-order valence-electron chi connectivity index (χ3n) is 2.34. The Hall–Kier alpha value is -1.78. The van der Waals surface area contributed by atoms with Crippen molar-refractivity contribution in [1.29, 1.82) is 0 Å². The summed E-state index contributed by atoms with van der Waals surface area (Å²) in [5.41, 5.74) is -0.608. The number of halogens is 2. The maximum atomic E-state index is 13.3. The highest BCUT2D eigenvalue weighted by Crippen LogP contribution is 2.17. The minimum absolute atomic E-state index is 0.287. The molecule has 0 bridgehead atoms. The largest absolute Gasteiger partial charge is 0.469 e. The Balaban J connectivity index is 2.87. The van der Waals surface area contributed by atoms with E-state index in [-0.39, 0.29) is 6.42 Å². The van der Waals surface area contributed by atoms with Gasteiger partial charge in [-0.15, -0.1) is 0 Å². The van der Waals surface area contributed by atoms with Crippen LogP contribution in [-0.2, 0) is 9.53 Å². The highest BCUT2D eigenvalue weighted by atomic mass is 19.1. The normalized spacial score (nSPS) is 12.0. The lowest BCUT2D eigenvalue weighted by atomic mass is 9.99. The summed E-state index contributed by atoms with van der Waals surface area (Å²) >= 11 is 0. The van der Waals surface area contributed by atoms with Crippen LogP contribution in [-0.4, -0.2) is 18.9 Å². The number of hydrogen-bond donors (Lipinski definition) is 0. The lowest BCUT2D eigenvalue weighted by Gasteiger charge is -2.09. The fraction of sp³-hybridized carbons (Fsp3) is 0.333. The van der Waals surface area contributed by atoms with Crippen LogP contribution in [0.15, 0.2) is 18.2 Å². The summed E-state index contributed by atoms with van der Waals surface area (Å²) < 4.78 is 30.9. The molecule has 0 saturated heterocycles. The van der Waals surface area contributed by atoms with Crippen LogP contribution in [0.25, 0.3) is 0 Å². The van der Waals surface area contributed by atoms with Gasteiger partial charge in [0.2, 0.25) is 0 Å². The summed E-state index contributed by atoms with van der Waals surface area (Å²) in [6, 6.07) is 3.17. The SMILES string of the molecule is COC(=O)C(C)CC(=O)c1c(F)cccc1F. The Labute approximate surface area is 97.4 Å². The van der Waals surface area contributed by atoms with Crippen molar-refractivity contribution in [3.8, 4) is 0 Å². The van der Waals surface area contributed by atoms with Crippen molar-refractivity contribution in [2.45, 2.75) is 13.3 Å². The molecule has 1 unspecified atom stereocenters. The summed E-state index contributed by atoms with van der Waals surface area (Å²) in [6.07, 6.45) is -0.287. The first-order valence-corrected chi connectivity index (χ1v) is 5.02. The second-order valence-electron chi connectivity index (χ2n) is 3.65. The van der Waals surface area contributed by atoms with Gasteiger partial charge < -0.3 is 4.74 Å². The molecule has 1 rings (SSSR count). The summed E-state index contributed by atoms with van der Waals surface area (Å²) in [4.78, 5) is 22.7. The van der Waals surface area contributed by atoms with E-state index in [0.29, 0.717) is 0 Å². The van der Waals surface area contributed by atoms with Crippen LogP contribution in [0, 0.1) is 17.6 Å².